The molecule has 1 saturated heterocycles. The number of nitrogens with one attached hydrogen (secondary N) is 1. The summed E-state index contributed by atoms with van der Waals surface area (Å²) in [5.41, 5.74) is 2.70. The van der Waals surface area contributed by atoms with Gasteiger partial charge >= 0.3 is 0 Å². The Balaban J connectivity index is 1.89. The number of nitrogens with zero attached hydrogens (tertiary/aromatic N) is 1. The van der Waals surface area contributed by atoms with Crippen LogP contribution in [0.25, 0.3) is 6.08 Å². The van der Waals surface area contributed by atoms with Gasteiger partial charge in [0.05, 0.1) is 24.8 Å². The number of carbonyl (C=O) groups excluding carboxylic acids is 1. The molecule has 1 amide bonds. The zero-order valence-electron chi connectivity index (χ0n) is 14.2. The van der Waals surface area contributed by atoms with Gasteiger partial charge in [0.1, 0.15) is 11.5 Å². The normalized spacial score (nSPS) is 17.0. The number of hydrogen-bond acceptors (Lipinski definition) is 5. The maximum Gasteiger partial charge on any atom is 0.264 e. The van der Waals surface area contributed by atoms with E-state index in [1.165, 1.54) is 11.8 Å². The third-order valence-corrected chi connectivity index (χ3v) is 4.52. The van der Waals surface area contributed by atoms with Crippen LogP contribution in [0, 0.1) is 6.92 Å². The van der Waals surface area contributed by atoms with Gasteiger partial charge in [-0.2, -0.15) is 0 Å². The van der Waals surface area contributed by atoms with Gasteiger partial charge < -0.3 is 14.8 Å². The summed E-state index contributed by atoms with van der Waals surface area (Å²) in [5.74, 6) is 1.19. The van der Waals surface area contributed by atoms with Crippen molar-refractivity contribution in [2.45, 2.75) is 6.92 Å². The molecule has 1 fully saturated rings. The van der Waals surface area contributed by atoms with Crippen LogP contribution in [0.5, 0.6) is 11.5 Å². The molecule has 6 heteroatoms. The fraction of sp³-hybridized carbons (Fsp3) is 0.158. The number of benzene rings is 2. The van der Waals surface area contributed by atoms with Gasteiger partial charge in [-0.3, -0.25) is 4.79 Å². The first-order valence-corrected chi connectivity index (χ1v) is 8.49. The number of aliphatic imine (C=N–C) groups is 1. The van der Waals surface area contributed by atoms with Crippen LogP contribution >= 0.6 is 11.8 Å². The van der Waals surface area contributed by atoms with Gasteiger partial charge in [-0.25, -0.2) is 4.99 Å². The van der Waals surface area contributed by atoms with Crippen LogP contribution in [0.3, 0.4) is 0 Å². The number of thioether (sulfide) groups is 1. The molecule has 1 heterocycles. The van der Waals surface area contributed by atoms with Gasteiger partial charge in [0.25, 0.3) is 5.91 Å². The summed E-state index contributed by atoms with van der Waals surface area (Å²) < 4.78 is 10.6. The summed E-state index contributed by atoms with van der Waals surface area (Å²) in [7, 11) is 3.19. The Morgan fingerprint density at radius 3 is 2.68 bits per heavy atom. The molecule has 2 aromatic rings. The molecule has 0 aliphatic carbocycles. The standard InChI is InChI=1S/C19H18N2O3S/c1-12-5-4-6-14(9-12)20-19-21-18(22)17(25-19)11-13-10-15(23-2)7-8-16(13)24-3/h4-11H,1-3H3,(H,20,21,22)/b17-11+. The Hall–Kier alpha value is -2.73. The lowest BCUT2D eigenvalue weighted by molar-refractivity contribution is -0.115. The second-order valence-corrected chi connectivity index (χ2v) is 6.46. The summed E-state index contributed by atoms with van der Waals surface area (Å²) in [4.78, 5) is 17.3. The number of aryl methyl sites for hydroxylation is 1. The number of carbonyl (C=O) groups is 1. The average molecular weight is 354 g/mol. The number of ether oxygens (including phenoxy) is 2. The van der Waals surface area contributed by atoms with Crippen LogP contribution in [0.1, 0.15) is 11.1 Å². The van der Waals surface area contributed by atoms with E-state index in [4.69, 9.17) is 9.47 Å². The van der Waals surface area contributed by atoms with E-state index in [0.29, 0.717) is 21.6 Å². The molecule has 3 rings (SSSR count). The third kappa shape index (κ3) is 4.03. The summed E-state index contributed by atoms with van der Waals surface area (Å²) in [6, 6.07) is 13.3. The van der Waals surface area contributed by atoms with Crippen LogP contribution in [-0.4, -0.2) is 25.3 Å². The Morgan fingerprint density at radius 2 is 1.96 bits per heavy atom. The van der Waals surface area contributed by atoms with Crippen molar-refractivity contribution < 1.29 is 14.3 Å². The predicted molar refractivity (Wildman–Crippen MR) is 102 cm³/mol. The number of hydrogen-bond donors (Lipinski definition) is 1. The number of amidine groups is 1. The molecule has 2 aromatic carbocycles. The first-order chi connectivity index (χ1) is 12.1. The molecule has 0 atom stereocenters. The fourth-order valence-electron chi connectivity index (χ4n) is 2.39. The summed E-state index contributed by atoms with van der Waals surface area (Å²) in [5, 5.41) is 3.35. The first kappa shape index (κ1) is 17.1. The highest BCUT2D eigenvalue weighted by Gasteiger charge is 2.24. The first-order valence-electron chi connectivity index (χ1n) is 7.67. The smallest absolute Gasteiger partial charge is 0.264 e. The van der Waals surface area contributed by atoms with Gasteiger partial charge in [-0.1, -0.05) is 12.1 Å². The van der Waals surface area contributed by atoms with Gasteiger partial charge in [0.2, 0.25) is 0 Å². The van der Waals surface area contributed by atoms with E-state index >= 15 is 0 Å². The number of methoxy groups -OCH3 is 2. The highest BCUT2D eigenvalue weighted by Crippen LogP contribution is 2.32. The van der Waals surface area contributed by atoms with Crippen molar-refractivity contribution in [1.29, 1.82) is 0 Å². The van der Waals surface area contributed by atoms with E-state index in [9.17, 15) is 4.79 Å². The molecule has 0 radical (unpaired) electrons. The van der Waals surface area contributed by atoms with Gasteiger partial charge in [-0.15, -0.1) is 0 Å². The fourth-order valence-corrected chi connectivity index (χ4v) is 3.22. The molecular formula is C19H18N2O3S. The van der Waals surface area contributed by atoms with Crippen molar-refractivity contribution >= 4 is 34.6 Å². The summed E-state index contributed by atoms with van der Waals surface area (Å²) >= 11 is 1.30. The largest absolute Gasteiger partial charge is 0.497 e. The average Bonchev–Trinajstić information content (AvgIpc) is 2.94. The highest BCUT2D eigenvalue weighted by molar-refractivity contribution is 8.18. The molecule has 1 aliphatic rings. The zero-order valence-corrected chi connectivity index (χ0v) is 15.0. The predicted octanol–water partition coefficient (Wildman–Crippen LogP) is 3.90. The van der Waals surface area contributed by atoms with Crippen molar-refractivity contribution in [3.8, 4) is 11.5 Å². The summed E-state index contributed by atoms with van der Waals surface area (Å²) in [6.07, 6.45) is 1.78. The molecule has 1 N–H and O–H groups in total. The molecular weight excluding hydrogens is 336 g/mol. The van der Waals surface area contributed by atoms with Crippen LogP contribution in [0.2, 0.25) is 0 Å². The van der Waals surface area contributed by atoms with Crippen LogP contribution in [0.4, 0.5) is 5.69 Å². The quantitative estimate of drug-likeness (QED) is 0.846. The Kier molecular flexibility index (Phi) is 5.09. The van der Waals surface area contributed by atoms with Gasteiger partial charge in [-0.05, 0) is 60.7 Å². The molecule has 25 heavy (non-hydrogen) atoms. The molecule has 128 valence electrons. The second-order valence-electron chi connectivity index (χ2n) is 5.43. The van der Waals surface area contributed by atoms with Crippen molar-refractivity contribution in [2.75, 3.05) is 14.2 Å². The monoisotopic (exact) mass is 354 g/mol. The lowest BCUT2D eigenvalue weighted by atomic mass is 10.1. The molecule has 0 bridgehead atoms. The Labute approximate surface area is 150 Å². The van der Waals surface area contributed by atoms with Crippen molar-refractivity contribution in [2.24, 2.45) is 4.99 Å². The van der Waals surface area contributed by atoms with Crippen molar-refractivity contribution in [3.63, 3.8) is 0 Å². The Morgan fingerprint density at radius 1 is 1.12 bits per heavy atom. The maximum atomic E-state index is 12.2. The van der Waals surface area contributed by atoms with E-state index in [-0.39, 0.29) is 5.91 Å². The van der Waals surface area contributed by atoms with E-state index in [0.717, 1.165) is 16.8 Å². The minimum absolute atomic E-state index is 0.179. The van der Waals surface area contributed by atoms with E-state index in [2.05, 4.69) is 10.3 Å². The third-order valence-electron chi connectivity index (χ3n) is 3.61. The number of rotatable bonds is 4. The molecule has 0 aromatic heterocycles. The molecule has 0 spiro atoms. The number of amides is 1. The minimum Gasteiger partial charge on any atom is -0.497 e. The van der Waals surface area contributed by atoms with E-state index in [1.807, 2.05) is 49.4 Å². The topological polar surface area (TPSA) is 59.9 Å². The van der Waals surface area contributed by atoms with Crippen LogP contribution < -0.4 is 14.8 Å². The molecule has 1 aliphatic heterocycles. The molecule has 0 saturated carbocycles. The molecule has 0 unspecified atom stereocenters. The summed E-state index contributed by atoms with van der Waals surface area (Å²) in [6.45, 7) is 2.00. The SMILES string of the molecule is COc1ccc(OC)c(/C=C2/SC(=Nc3cccc(C)c3)NC2=O)c1. The second kappa shape index (κ2) is 7.44. The highest BCUT2D eigenvalue weighted by atomic mass is 32.2. The van der Waals surface area contributed by atoms with Crippen LogP contribution in [0.15, 0.2) is 52.4 Å². The van der Waals surface area contributed by atoms with E-state index in [1.54, 1.807) is 20.3 Å². The lowest BCUT2D eigenvalue weighted by Gasteiger charge is -2.07. The molecule has 5 nitrogen and oxygen atoms in total. The zero-order chi connectivity index (χ0) is 17.8. The van der Waals surface area contributed by atoms with Crippen LogP contribution in [-0.2, 0) is 4.79 Å². The maximum absolute atomic E-state index is 12.2. The van der Waals surface area contributed by atoms with Crippen molar-refractivity contribution in [1.82, 2.24) is 5.32 Å². The lowest BCUT2D eigenvalue weighted by Crippen LogP contribution is -2.19. The van der Waals surface area contributed by atoms with E-state index < -0.39 is 0 Å². The minimum atomic E-state index is -0.179. The van der Waals surface area contributed by atoms with Gasteiger partial charge in [0.15, 0.2) is 5.17 Å². The van der Waals surface area contributed by atoms with Gasteiger partial charge in [0, 0.05) is 5.56 Å². The Bertz CT molecular complexity index is 875. The van der Waals surface area contributed by atoms with Crippen molar-refractivity contribution in [3.05, 3.63) is 58.5 Å².